The minimum absolute atomic E-state index is 0.00253. The minimum Gasteiger partial charge on any atom is -0.369 e. The highest BCUT2D eigenvalue weighted by Crippen LogP contribution is 2.33. The van der Waals surface area contributed by atoms with Crippen molar-refractivity contribution in [2.24, 2.45) is 0 Å². The molecular formula is C27H30N4O. The van der Waals surface area contributed by atoms with Crippen LogP contribution in [0.2, 0.25) is 0 Å². The predicted octanol–water partition coefficient (Wildman–Crippen LogP) is 4.15. The number of fused-ring (bicyclic) bond motifs is 1. The molecule has 32 heavy (non-hydrogen) atoms. The molecule has 0 saturated carbocycles. The molecule has 0 spiro atoms. The van der Waals surface area contributed by atoms with Gasteiger partial charge in [0.2, 0.25) is 0 Å². The summed E-state index contributed by atoms with van der Waals surface area (Å²) >= 11 is 0. The number of hydrogen-bond donors (Lipinski definition) is 1. The second kappa shape index (κ2) is 9.45. The average Bonchev–Trinajstić information content (AvgIpc) is 2.87. The summed E-state index contributed by atoms with van der Waals surface area (Å²) in [5.41, 5.74) is 4.22. The molecule has 1 fully saturated rings. The predicted molar refractivity (Wildman–Crippen MR) is 130 cm³/mol. The minimum atomic E-state index is -0.131. The van der Waals surface area contributed by atoms with Gasteiger partial charge in [0.1, 0.15) is 6.17 Å². The van der Waals surface area contributed by atoms with Gasteiger partial charge in [0.05, 0.1) is 11.3 Å². The third kappa shape index (κ3) is 4.34. The fraction of sp³-hybridized carbons (Fsp3) is 0.296. The Morgan fingerprint density at radius 3 is 2.16 bits per heavy atom. The first-order valence-electron chi connectivity index (χ1n) is 11.5. The molecular weight excluding hydrogens is 396 g/mol. The van der Waals surface area contributed by atoms with Gasteiger partial charge in [-0.05, 0) is 42.8 Å². The van der Waals surface area contributed by atoms with Gasteiger partial charge in [0, 0.05) is 38.4 Å². The lowest BCUT2D eigenvalue weighted by molar-refractivity contribution is 0.0926. The first-order valence-corrected chi connectivity index (χ1v) is 11.5. The van der Waals surface area contributed by atoms with Gasteiger partial charge in [0.15, 0.2) is 0 Å². The van der Waals surface area contributed by atoms with Gasteiger partial charge >= 0.3 is 0 Å². The van der Waals surface area contributed by atoms with Crippen LogP contribution in [0.4, 0.5) is 11.4 Å². The smallest absolute Gasteiger partial charge is 0.255 e. The van der Waals surface area contributed by atoms with E-state index in [0.717, 1.165) is 62.5 Å². The van der Waals surface area contributed by atoms with Crippen LogP contribution in [0, 0.1) is 0 Å². The standard InChI is InChI=1S/C27H30N4O/c32-27-24-14-7-8-15-25(24)31(26(28-27)22-10-3-1-4-11-22)17-9-16-29-18-20-30(21-19-29)23-12-5-2-6-13-23/h1-8,10-15,26H,9,16-21H2,(H,28,32). The van der Waals surface area contributed by atoms with Crippen LogP contribution >= 0.6 is 0 Å². The van der Waals surface area contributed by atoms with E-state index >= 15 is 0 Å². The van der Waals surface area contributed by atoms with Crippen molar-refractivity contribution in [2.45, 2.75) is 12.6 Å². The average molecular weight is 427 g/mol. The summed E-state index contributed by atoms with van der Waals surface area (Å²) in [6.07, 6.45) is 0.923. The molecule has 2 heterocycles. The van der Waals surface area contributed by atoms with E-state index in [2.05, 4.69) is 68.5 Å². The van der Waals surface area contributed by atoms with Crippen molar-refractivity contribution in [3.63, 3.8) is 0 Å². The second-order valence-corrected chi connectivity index (χ2v) is 8.52. The molecule has 3 aromatic carbocycles. The summed E-state index contributed by atoms with van der Waals surface area (Å²) in [6, 6.07) is 28.9. The van der Waals surface area contributed by atoms with Gasteiger partial charge in [-0.3, -0.25) is 9.69 Å². The van der Waals surface area contributed by atoms with Crippen molar-refractivity contribution >= 4 is 17.3 Å². The molecule has 2 aliphatic heterocycles. The fourth-order valence-electron chi connectivity index (χ4n) is 4.82. The quantitative estimate of drug-likeness (QED) is 0.643. The van der Waals surface area contributed by atoms with Crippen molar-refractivity contribution in [1.29, 1.82) is 0 Å². The molecule has 0 aromatic heterocycles. The Morgan fingerprint density at radius 1 is 0.750 bits per heavy atom. The highest BCUT2D eigenvalue weighted by Gasteiger charge is 2.31. The molecule has 1 atom stereocenters. The van der Waals surface area contributed by atoms with Gasteiger partial charge in [-0.25, -0.2) is 0 Å². The zero-order valence-electron chi connectivity index (χ0n) is 18.4. The van der Waals surface area contributed by atoms with Crippen molar-refractivity contribution in [2.75, 3.05) is 49.1 Å². The molecule has 164 valence electrons. The molecule has 5 nitrogen and oxygen atoms in total. The van der Waals surface area contributed by atoms with E-state index in [1.165, 1.54) is 5.69 Å². The van der Waals surface area contributed by atoms with Crippen LogP contribution in [0.1, 0.15) is 28.5 Å². The Bertz CT molecular complexity index is 1030. The van der Waals surface area contributed by atoms with Crippen molar-refractivity contribution in [1.82, 2.24) is 10.2 Å². The molecule has 1 N–H and O–H groups in total. The number of piperazine rings is 1. The molecule has 1 unspecified atom stereocenters. The zero-order chi connectivity index (χ0) is 21.8. The van der Waals surface area contributed by atoms with Gasteiger partial charge in [0.25, 0.3) is 5.91 Å². The summed E-state index contributed by atoms with van der Waals surface area (Å²) in [6.45, 7) is 6.28. The highest BCUT2D eigenvalue weighted by atomic mass is 16.2. The van der Waals surface area contributed by atoms with E-state index in [1.807, 2.05) is 36.4 Å². The second-order valence-electron chi connectivity index (χ2n) is 8.52. The molecule has 0 aliphatic carbocycles. The monoisotopic (exact) mass is 426 g/mol. The van der Waals surface area contributed by atoms with Crippen molar-refractivity contribution in [3.8, 4) is 0 Å². The van der Waals surface area contributed by atoms with Crippen molar-refractivity contribution < 1.29 is 4.79 Å². The van der Waals surface area contributed by atoms with E-state index in [9.17, 15) is 4.79 Å². The SMILES string of the molecule is O=C1NC(c2ccccc2)N(CCCN2CCN(c3ccccc3)CC2)c2ccccc21. The lowest BCUT2D eigenvalue weighted by Gasteiger charge is -2.40. The van der Waals surface area contributed by atoms with E-state index in [1.54, 1.807) is 0 Å². The first kappa shape index (κ1) is 20.6. The van der Waals surface area contributed by atoms with Crippen molar-refractivity contribution in [3.05, 3.63) is 96.1 Å². The van der Waals surface area contributed by atoms with Gasteiger partial charge in [-0.2, -0.15) is 0 Å². The normalized spacial score (nSPS) is 18.9. The number of carbonyl (C=O) groups is 1. The highest BCUT2D eigenvalue weighted by molar-refractivity contribution is 6.02. The number of amides is 1. The maximum Gasteiger partial charge on any atom is 0.255 e. The molecule has 1 saturated heterocycles. The van der Waals surface area contributed by atoms with Gasteiger partial charge in [-0.1, -0.05) is 60.7 Å². The van der Waals surface area contributed by atoms with Crippen LogP contribution in [0.3, 0.4) is 0 Å². The molecule has 3 aromatic rings. The Kier molecular flexibility index (Phi) is 6.08. The number of para-hydroxylation sites is 2. The van der Waals surface area contributed by atoms with E-state index in [4.69, 9.17) is 0 Å². The summed E-state index contributed by atoms with van der Waals surface area (Å²) in [5, 5.41) is 3.22. The summed E-state index contributed by atoms with van der Waals surface area (Å²) < 4.78 is 0. The molecule has 5 rings (SSSR count). The maximum atomic E-state index is 12.7. The molecule has 1 amide bonds. The Hall–Kier alpha value is -3.31. The number of rotatable bonds is 6. The fourth-order valence-corrected chi connectivity index (χ4v) is 4.82. The van der Waals surface area contributed by atoms with Crippen LogP contribution in [-0.2, 0) is 0 Å². The number of carbonyl (C=O) groups excluding carboxylic acids is 1. The summed E-state index contributed by atoms with van der Waals surface area (Å²) in [4.78, 5) is 20.1. The number of benzene rings is 3. The first-order chi connectivity index (χ1) is 15.8. The van der Waals surface area contributed by atoms with E-state index in [0.29, 0.717) is 0 Å². The van der Waals surface area contributed by atoms with E-state index < -0.39 is 0 Å². The maximum absolute atomic E-state index is 12.7. The van der Waals surface area contributed by atoms with Crippen LogP contribution in [-0.4, -0.2) is 50.1 Å². The van der Waals surface area contributed by atoms with Crippen LogP contribution < -0.4 is 15.1 Å². The number of nitrogens with one attached hydrogen (secondary N) is 1. The van der Waals surface area contributed by atoms with Crippen LogP contribution in [0.5, 0.6) is 0 Å². The topological polar surface area (TPSA) is 38.8 Å². The lowest BCUT2D eigenvalue weighted by atomic mass is 10.0. The largest absolute Gasteiger partial charge is 0.369 e. The zero-order valence-corrected chi connectivity index (χ0v) is 18.4. The molecule has 0 bridgehead atoms. The Balaban J connectivity index is 1.23. The van der Waals surface area contributed by atoms with Crippen LogP contribution in [0.15, 0.2) is 84.9 Å². The third-order valence-electron chi connectivity index (χ3n) is 6.52. The Morgan fingerprint density at radius 2 is 1.41 bits per heavy atom. The lowest BCUT2D eigenvalue weighted by Crippen LogP contribution is -2.49. The molecule has 0 radical (unpaired) electrons. The van der Waals surface area contributed by atoms with Gasteiger partial charge < -0.3 is 15.1 Å². The van der Waals surface area contributed by atoms with Crippen LogP contribution in [0.25, 0.3) is 0 Å². The summed E-state index contributed by atoms with van der Waals surface area (Å²) in [7, 11) is 0. The van der Waals surface area contributed by atoms with E-state index in [-0.39, 0.29) is 12.1 Å². The molecule has 5 heteroatoms. The summed E-state index contributed by atoms with van der Waals surface area (Å²) in [5.74, 6) is 0.00253. The third-order valence-corrected chi connectivity index (χ3v) is 6.52. The number of anilines is 2. The Labute approximate surface area is 190 Å². The van der Waals surface area contributed by atoms with Gasteiger partial charge in [-0.15, -0.1) is 0 Å². The number of nitrogens with zero attached hydrogens (tertiary/aromatic N) is 3. The number of hydrogen-bond acceptors (Lipinski definition) is 4. The molecule has 2 aliphatic rings.